The summed E-state index contributed by atoms with van der Waals surface area (Å²) in [5.41, 5.74) is 1.60. The first kappa shape index (κ1) is 33.6. The number of rotatable bonds is 1. The standard InChI is InChI=1S/C35H45ClN4O6S/c1-34(2)32(41)37-47(43,44)26-12-15-31-29(19-26)40(21-35(22-45-31)16-6-8-23-18-25(36)11-14-28(23)35)20-24-10-13-27(24)30(9-7-17-39(34)5)46-33(42)38(3)4/h7,9,11-12,14-15,18-19,24,27,30H,6,8,10,13,16-17,20-22H2,1-5H3,(H,37,41)/b9-7+/t24-,27+,30?,35-/m0/s1. The average molecular weight is 685 g/mol. The minimum absolute atomic E-state index is 0.00151. The molecule has 12 heteroatoms. The number of hydrogen-bond donors (Lipinski definition) is 1. The molecule has 0 aromatic heterocycles. The first-order chi connectivity index (χ1) is 22.2. The smallest absolute Gasteiger partial charge is 0.409 e. The Kier molecular flexibility index (Phi) is 9.04. The van der Waals surface area contributed by atoms with E-state index in [1.807, 2.05) is 18.2 Å². The van der Waals surface area contributed by atoms with Crippen molar-refractivity contribution < 1.29 is 27.5 Å². The van der Waals surface area contributed by atoms with Crippen molar-refractivity contribution in [3.8, 4) is 5.75 Å². The van der Waals surface area contributed by atoms with E-state index < -0.39 is 33.7 Å². The zero-order valence-electron chi connectivity index (χ0n) is 27.8. The molecule has 1 fully saturated rings. The van der Waals surface area contributed by atoms with Crippen LogP contribution in [-0.2, 0) is 31.4 Å². The van der Waals surface area contributed by atoms with Gasteiger partial charge in [-0.2, -0.15) is 0 Å². The summed E-state index contributed by atoms with van der Waals surface area (Å²) in [7, 11) is 0.904. The van der Waals surface area contributed by atoms with E-state index in [2.05, 4.69) is 21.8 Å². The molecule has 2 heterocycles. The van der Waals surface area contributed by atoms with E-state index in [-0.39, 0.29) is 22.1 Å². The molecule has 2 amide bonds. The van der Waals surface area contributed by atoms with Crippen LogP contribution in [0.5, 0.6) is 5.75 Å². The maximum Gasteiger partial charge on any atom is 0.409 e. The summed E-state index contributed by atoms with van der Waals surface area (Å²) < 4.78 is 42.3. The third-order valence-corrected chi connectivity index (χ3v) is 12.3. The van der Waals surface area contributed by atoms with Crippen LogP contribution in [0.1, 0.15) is 50.7 Å². The van der Waals surface area contributed by atoms with Crippen LogP contribution in [0.25, 0.3) is 0 Å². The number of fused-ring (bicyclic) bond motifs is 4. The van der Waals surface area contributed by atoms with Gasteiger partial charge in [0.1, 0.15) is 11.9 Å². The highest BCUT2D eigenvalue weighted by Gasteiger charge is 2.45. The van der Waals surface area contributed by atoms with Gasteiger partial charge in [0.25, 0.3) is 15.9 Å². The van der Waals surface area contributed by atoms with Gasteiger partial charge in [-0.1, -0.05) is 23.7 Å². The third kappa shape index (κ3) is 6.46. The Morgan fingerprint density at radius 2 is 1.94 bits per heavy atom. The number of nitrogens with one attached hydrogen (secondary N) is 1. The van der Waals surface area contributed by atoms with E-state index in [0.29, 0.717) is 42.7 Å². The number of carbonyl (C=O) groups is 2. The predicted octanol–water partition coefficient (Wildman–Crippen LogP) is 4.99. The lowest BCUT2D eigenvalue weighted by atomic mass is 9.68. The van der Waals surface area contributed by atoms with E-state index in [9.17, 15) is 18.0 Å². The molecule has 2 aliphatic heterocycles. The number of likely N-dealkylation sites (N-methyl/N-ethyl adjacent to an activating group) is 1. The number of anilines is 1. The lowest BCUT2D eigenvalue weighted by molar-refractivity contribution is -0.128. The van der Waals surface area contributed by atoms with Gasteiger partial charge in [0.2, 0.25) is 0 Å². The molecule has 2 aliphatic carbocycles. The first-order valence-electron chi connectivity index (χ1n) is 16.3. The Labute approximate surface area is 283 Å². The fourth-order valence-corrected chi connectivity index (χ4v) is 8.67. The largest absolute Gasteiger partial charge is 0.490 e. The third-order valence-electron chi connectivity index (χ3n) is 10.7. The molecular weight excluding hydrogens is 640 g/mol. The molecule has 6 rings (SSSR count). The summed E-state index contributed by atoms with van der Waals surface area (Å²) in [4.78, 5) is 31.7. The molecule has 1 spiro atoms. The number of aryl methyl sites for hydroxylation is 1. The molecule has 0 radical (unpaired) electrons. The number of sulfonamides is 1. The Balaban J connectivity index is 1.45. The van der Waals surface area contributed by atoms with E-state index >= 15 is 0 Å². The van der Waals surface area contributed by atoms with Crippen molar-refractivity contribution >= 4 is 39.3 Å². The topological polar surface area (TPSA) is 108 Å². The van der Waals surface area contributed by atoms with Gasteiger partial charge in [0, 0.05) is 50.1 Å². The minimum atomic E-state index is -4.20. The van der Waals surface area contributed by atoms with Crippen molar-refractivity contribution in [1.29, 1.82) is 0 Å². The van der Waals surface area contributed by atoms with Gasteiger partial charge in [0.05, 0.1) is 22.7 Å². The molecule has 2 bridgehead atoms. The van der Waals surface area contributed by atoms with E-state index in [1.54, 1.807) is 52.0 Å². The number of halogens is 1. The Morgan fingerprint density at radius 3 is 2.66 bits per heavy atom. The lowest BCUT2D eigenvalue weighted by Gasteiger charge is -2.46. The first-order valence-corrected chi connectivity index (χ1v) is 18.2. The minimum Gasteiger partial charge on any atom is -0.490 e. The number of carbonyl (C=O) groups excluding carboxylic acids is 2. The van der Waals surface area contributed by atoms with Crippen molar-refractivity contribution in [3.63, 3.8) is 0 Å². The molecule has 254 valence electrons. The maximum absolute atomic E-state index is 13.7. The highest BCUT2D eigenvalue weighted by Crippen LogP contribution is 2.47. The zero-order chi connectivity index (χ0) is 33.7. The van der Waals surface area contributed by atoms with Gasteiger partial charge in [0.15, 0.2) is 0 Å². The normalized spacial score (nSPS) is 29.2. The summed E-state index contributed by atoms with van der Waals surface area (Å²) >= 11 is 6.42. The number of nitrogens with zero attached hydrogens (tertiary/aromatic N) is 3. The zero-order valence-corrected chi connectivity index (χ0v) is 29.4. The summed E-state index contributed by atoms with van der Waals surface area (Å²) in [6, 6.07) is 10.9. The van der Waals surface area contributed by atoms with Gasteiger partial charge in [-0.15, -0.1) is 0 Å². The Hall–Kier alpha value is -3.28. The molecule has 10 nitrogen and oxygen atoms in total. The highest BCUT2D eigenvalue weighted by atomic mass is 35.5. The van der Waals surface area contributed by atoms with E-state index in [0.717, 1.165) is 32.1 Å². The molecule has 0 saturated heterocycles. The van der Waals surface area contributed by atoms with Gasteiger partial charge < -0.3 is 19.3 Å². The highest BCUT2D eigenvalue weighted by molar-refractivity contribution is 7.90. The van der Waals surface area contributed by atoms with Crippen molar-refractivity contribution in [2.75, 3.05) is 52.3 Å². The quantitative estimate of drug-likeness (QED) is 0.419. The van der Waals surface area contributed by atoms with Gasteiger partial charge in [-0.05, 0) is 106 Å². The van der Waals surface area contributed by atoms with Gasteiger partial charge in [-0.3, -0.25) is 9.69 Å². The van der Waals surface area contributed by atoms with Crippen LogP contribution in [0.15, 0.2) is 53.4 Å². The Bertz CT molecular complexity index is 1690. The SMILES string of the molecule is CN(C)C(=O)OC1/C=C/CN(C)C(C)(C)C(=O)NS(=O)(=O)c2ccc3c(c2)N(C[C@@H]2CC[C@@H]12)C[C@@]1(CCCc2cc(Cl)ccc21)CO3. The predicted molar refractivity (Wildman–Crippen MR) is 182 cm³/mol. The van der Waals surface area contributed by atoms with Crippen LogP contribution in [0, 0.1) is 11.8 Å². The molecule has 2 aromatic carbocycles. The fourth-order valence-electron chi connectivity index (χ4n) is 7.35. The van der Waals surface area contributed by atoms with Crippen LogP contribution in [0.2, 0.25) is 5.02 Å². The van der Waals surface area contributed by atoms with Crippen LogP contribution >= 0.6 is 11.6 Å². The van der Waals surface area contributed by atoms with E-state index in [4.69, 9.17) is 21.1 Å². The summed E-state index contributed by atoms with van der Waals surface area (Å²) in [5, 5.41) is 0.707. The van der Waals surface area contributed by atoms with Crippen LogP contribution < -0.4 is 14.4 Å². The van der Waals surface area contributed by atoms with Crippen LogP contribution in [0.4, 0.5) is 10.5 Å². The van der Waals surface area contributed by atoms with Crippen molar-refractivity contribution in [3.05, 3.63) is 64.7 Å². The number of ether oxygens (including phenoxy) is 2. The summed E-state index contributed by atoms with van der Waals surface area (Å²) in [6.07, 6.45) is 7.63. The molecule has 1 unspecified atom stereocenters. The monoisotopic (exact) mass is 684 g/mol. The number of benzene rings is 2. The number of hydrogen-bond acceptors (Lipinski definition) is 8. The molecular formula is C35H45ClN4O6S. The molecule has 4 atom stereocenters. The number of amides is 2. The van der Waals surface area contributed by atoms with Crippen molar-refractivity contribution in [2.24, 2.45) is 11.8 Å². The van der Waals surface area contributed by atoms with Gasteiger partial charge >= 0.3 is 6.09 Å². The van der Waals surface area contributed by atoms with Crippen LogP contribution in [-0.4, -0.2) is 89.2 Å². The van der Waals surface area contributed by atoms with Crippen molar-refractivity contribution in [2.45, 2.75) is 67.9 Å². The van der Waals surface area contributed by atoms with Crippen molar-refractivity contribution in [1.82, 2.24) is 14.5 Å². The lowest BCUT2D eigenvalue weighted by Crippen LogP contribution is -2.54. The van der Waals surface area contributed by atoms with Crippen LogP contribution in [0.3, 0.4) is 0 Å². The second-order valence-electron chi connectivity index (χ2n) is 14.3. The van der Waals surface area contributed by atoms with E-state index in [1.165, 1.54) is 22.1 Å². The maximum atomic E-state index is 13.7. The molecule has 1 N–H and O–H groups in total. The van der Waals surface area contributed by atoms with Gasteiger partial charge in [-0.25, -0.2) is 17.9 Å². The average Bonchev–Trinajstić information content (AvgIpc) is 3.15. The molecule has 4 aliphatic rings. The molecule has 47 heavy (non-hydrogen) atoms. The molecule has 1 saturated carbocycles. The molecule has 2 aromatic rings. The summed E-state index contributed by atoms with van der Waals surface area (Å²) in [6.45, 7) is 5.39. The summed E-state index contributed by atoms with van der Waals surface area (Å²) in [5.74, 6) is 0.200. The second-order valence-corrected chi connectivity index (χ2v) is 16.4. The fraction of sp³-hybridized carbons (Fsp3) is 0.543. The Morgan fingerprint density at radius 1 is 1.15 bits per heavy atom. The second kappa shape index (κ2) is 12.6.